The van der Waals surface area contributed by atoms with E-state index in [4.69, 9.17) is 21.1 Å². The van der Waals surface area contributed by atoms with Gasteiger partial charge in [0.25, 0.3) is 15.9 Å². The zero-order valence-corrected chi connectivity index (χ0v) is 19.1. The van der Waals surface area contributed by atoms with Gasteiger partial charge in [-0.05, 0) is 67.1 Å². The van der Waals surface area contributed by atoms with E-state index in [1.165, 1.54) is 24.3 Å². The topological polar surface area (TPSA) is 93.7 Å². The van der Waals surface area contributed by atoms with Crippen LogP contribution in [0.15, 0.2) is 77.7 Å². The Hall–Kier alpha value is -3.23. The quantitative estimate of drug-likeness (QED) is 0.458. The Balaban J connectivity index is 1.65. The molecular weight excluding hydrogens is 452 g/mol. The number of amides is 1. The second-order valence-electron chi connectivity index (χ2n) is 6.79. The van der Waals surface area contributed by atoms with Gasteiger partial charge >= 0.3 is 0 Å². The lowest BCUT2D eigenvalue weighted by Gasteiger charge is -2.17. The lowest BCUT2D eigenvalue weighted by Crippen LogP contribution is -2.32. The summed E-state index contributed by atoms with van der Waals surface area (Å²) in [6.45, 7) is 1.84. The zero-order valence-electron chi connectivity index (χ0n) is 17.5. The fourth-order valence-electron chi connectivity index (χ4n) is 2.83. The van der Waals surface area contributed by atoms with Crippen LogP contribution in [0.25, 0.3) is 0 Å². The maximum Gasteiger partial charge on any atom is 0.265 e. The highest BCUT2D eigenvalue weighted by molar-refractivity contribution is 7.92. The summed E-state index contributed by atoms with van der Waals surface area (Å²) in [7, 11) is -2.26. The summed E-state index contributed by atoms with van der Waals surface area (Å²) in [5.74, 6) is 0.891. The minimum Gasteiger partial charge on any atom is -0.497 e. The van der Waals surface area contributed by atoms with Gasteiger partial charge in [-0.2, -0.15) is 0 Å². The lowest BCUT2D eigenvalue weighted by molar-refractivity contribution is -0.122. The van der Waals surface area contributed by atoms with Crippen LogP contribution in [0, 0.1) is 0 Å². The Kier molecular flexibility index (Phi) is 7.61. The van der Waals surface area contributed by atoms with Crippen molar-refractivity contribution in [3.05, 3.63) is 77.8 Å². The largest absolute Gasteiger partial charge is 0.497 e. The van der Waals surface area contributed by atoms with Crippen LogP contribution in [-0.4, -0.2) is 27.5 Å². The van der Waals surface area contributed by atoms with Gasteiger partial charge in [-0.25, -0.2) is 8.42 Å². The van der Waals surface area contributed by atoms with E-state index in [9.17, 15) is 13.2 Å². The maximum absolute atomic E-state index is 12.6. The molecule has 0 aliphatic heterocycles. The van der Waals surface area contributed by atoms with E-state index in [1.54, 1.807) is 55.6 Å². The standard InChI is InChI=1S/C23H23ClN2O5S/c1-3-22(31-18-12-10-17(30-2)11-13-18)23(27)25-16-8-14-19(15-9-16)32(28,29)26-21-7-5-4-6-20(21)24/h4-15,22,26H,3H2,1-2H3,(H,25,27)/t22-/m1/s1. The molecule has 3 rings (SSSR count). The molecule has 9 heteroatoms. The van der Waals surface area contributed by atoms with E-state index in [0.29, 0.717) is 28.6 Å². The van der Waals surface area contributed by atoms with Crippen molar-refractivity contribution < 1.29 is 22.7 Å². The third kappa shape index (κ3) is 5.93. The van der Waals surface area contributed by atoms with Crippen LogP contribution in [0.4, 0.5) is 11.4 Å². The molecule has 32 heavy (non-hydrogen) atoms. The molecule has 0 bridgehead atoms. The third-order valence-corrected chi connectivity index (χ3v) is 6.26. The summed E-state index contributed by atoms with van der Waals surface area (Å²) in [6.07, 6.45) is -0.264. The first-order chi connectivity index (χ1) is 15.3. The summed E-state index contributed by atoms with van der Waals surface area (Å²) in [5, 5.41) is 3.04. The van der Waals surface area contributed by atoms with Crippen LogP contribution >= 0.6 is 11.6 Å². The van der Waals surface area contributed by atoms with E-state index in [-0.39, 0.29) is 16.5 Å². The van der Waals surface area contributed by atoms with E-state index in [0.717, 1.165) is 0 Å². The normalized spacial score (nSPS) is 12.0. The highest BCUT2D eigenvalue weighted by Gasteiger charge is 2.20. The maximum atomic E-state index is 12.6. The second-order valence-corrected chi connectivity index (χ2v) is 8.88. The molecule has 0 radical (unpaired) electrons. The van der Waals surface area contributed by atoms with Crippen LogP contribution in [-0.2, 0) is 14.8 Å². The molecule has 0 unspecified atom stereocenters. The molecule has 0 saturated heterocycles. The van der Waals surface area contributed by atoms with Crippen molar-refractivity contribution in [3.8, 4) is 11.5 Å². The van der Waals surface area contributed by atoms with E-state index in [1.807, 2.05) is 6.92 Å². The molecular formula is C23H23ClN2O5S. The van der Waals surface area contributed by atoms with Crippen LogP contribution in [0.2, 0.25) is 5.02 Å². The first kappa shape index (κ1) is 23.4. The summed E-state index contributed by atoms with van der Waals surface area (Å²) < 4.78 is 38.5. The summed E-state index contributed by atoms with van der Waals surface area (Å²) in [4.78, 5) is 12.7. The minimum absolute atomic E-state index is 0.0388. The number of hydrogen-bond acceptors (Lipinski definition) is 5. The number of ether oxygens (including phenoxy) is 2. The fourth-order valence-corrected chi connectivity index (χ4v) is 4.15. The molecule has 168 valence electrons. The molecule has 0 aromatic heterocycles. The number of carbonyl (C=O) groups is 1. The van der Waals surface area contributed by atoms with Crippen molar-refractivity contribution in [3.63, 3.8) is 0 Å². The van der Waals surface area contributed by atoms with Gasteiger partial charge in [0.15, 0.2) is 6.10 Å². The van der Waals surface area contributed by atoms with Crippen molar-refractivity contribution in [1.82, 2.24) is 0 Å². The van der Waals surface area contributed by atoms with Gasteiger partial charge < -0.3 is 14.8 Å². The van der Waals surface area contributed by atoms with Crippen LogP contribution in [0.3, 0.4) is 0 Å². The number of methoxy groups -OCH3 is 1. The molecule has 0 heterocycles. The molecule has 0 aliphatic rings. The molecule has 2 N–H and O–H groups in total. The van der Waals surface area contributed by atoms with E-state index in [2.05, 4.69) is 10.0 Å². The van der Waals surface area contributed by atoms with Crippen LogP contribution in [0.1, 0.15) is 13.3 Å². The van der Waals surface area contributed by atoms with Crippen molar-refractivity contribution in [2.24, 2.45) is 0 Å². The monoisotopic (exact) mass is 474 g/mol. The van der Waals surface area contributed by atoms with Gasteiger partial charge in [0, 0.05) is 5.69 Å². The number of benzene rings is 3. The number of rotatable bonds is 9. The average molecular weight is 475 g/mol. The molecule has 3 aromatic carbocycles. The van der Waals surface area contributed by atoms with Gasteiger partial charge in [-0.3, -0.25) is 9.52 Å². The first-order valence-corrected chi connectivity index (χ1v) is 11.7. The van der Waals surface area contributed by atoms with E-state index >= 15 is 0 Å². The summed E-state index contributed by atoms with van der Waals surface area (Å²) in [5.41, 5.74) is 0.733. The first-order valence-electron chi connectivity index (χ1n) is 9.81. The van der Waals surface area contributed by atoms with Gasteiger partial charge in [-0.15, -0.1) is 0 Å². The molecule has 0 fully saturated rings. The summed E-state index contributed by atoms with van der Waals surface area (Å²) in [6, 6.07) is 19.3. The fraction of sp³-hybridized carbons (Fsp3) is 0.174. The Morgan fingerprint density at radius 1 is 0.969 bits per heavy atom. The minimum atomic E-state index is -3.83. The number of halogens is 1. The van der Waals surface area contributed by atoms with Gasteiger partial charge in [-0.1, -0.05) is 30.7 Å². The lowest BCUT2D eigenvalue weighted by atomic mass is 10.2. The molecule has 1 amide bonds. The van der Waals surface area contributed by atoms with Crippen molar-refractivity contribution in [2.45, 2.75) is 24.3 Å². The Morgan fingerprint density at radius 2 is 1.59 bits per heavy atom. The molecule has 3 aromatic rings. The zero-order chi connectivity index (χ0) is 23.1. The Bertz CT molecular complexity index is 1170. The summed E-state index contributed by atoms with van der Waals surface area (Å²) >= 11 is 6.02. The predicted octanol–water partition coefficient (Wildman–Crippen LogP) is 4.95. The van der Waals surface area contributed by atoms with Crippen LogP contribution in [0.5, 0.6) is 11.5 Å². The average Bonchev–Trinajstić information content (AvgIpc) is 2.79. The molecule has 0 spiro atoms. The predicted molar refractivity (Wildman–Crippen MR) is 125 cm³/mol. The number of para-hydroxylation sites is 1. The highest BCUT2D eigenvalue weighted by atomic mass is 35.5. The molecule has 1 atom stereocenters. The van der Waals surface area contributed by atoms with Gasteiger partial charge in [0.1, 0.15) is 11.5 Å². The van der Waals surface area contributed by atoms with Gasteiger partial charge in [0.2, 0.25) is 0 Å². The SMILES string of the molecule is CC[C@@H](Oc1ccc(OC)cc1)C(=O)Nc1ccc(S(=O)(=O)Nc2ccccc2Cl)cc1. The molecule has 0 saturated carbocycles. The van der Waals surface area contributed by atoms with Crippen molar-refractivity contribution >= 4 is 38.9 Å². The second kappa shape index (κ2) is 10.4. The van der Waals surface area contributed by atoms with E-state index < -0.39 is 16.1 Å². The Labute approximate surface area is 192 Å². The smallest absolute Gasteiger partial charge is 0.265 e. The van der Waals surface area contributed by atoms with Crippen LogP contribution < -0.4 is 19.5 Å². The number of sulfonamides is 1. The van der Waals surface area contributed by atoms with Crippen molar-refractivity contribution in [1.29, 1.82) is 0 Å². The van der Waals surface area contributed by atoms with Gasteiger partial charge in [0.05, 0.1) is 22.7 Å². The molecule has 0 aliphatic carbocycles. The number of carbonyl (C=O) groups excluding carboxylic acids is 1. The highest BCUT2D eigenvalue weighted by Crippen LogP contribution is 2.25. The number of anilines is 2. The Morgan fingerprint density at radius 3 is 2.19 bits per heavy atom. The third-order valence-electron chi connectivity index (χ3n) is 4.55. The van der Waals surface area contributed by atoms with Crippen molar-refractivity contribution in [2.75, 3.05) is 17.1 Å². The molecule has 7 nitrogen and oxygen atoms in total. The number of hydrogen-bond donors (Lipinski definition) is 2. The number of nitrogens with one attached hydrogen (secondary N) is 2.